The molecule has 84 valence electrons. The largest absolute Gasteiger partial charge is 0.392 e. The molecule has 1 unspecified atom stereocenters. The first-order chi connectivity index (χ1) is 7.06. The monoisotopic (exact) mass is 226 g/mol. The number of carbonyl (C=O) groups excluding carboxylic acids is 1. The average Bonchev–Trinajstić information content (AvgIpc) is 2.48. The maximum Gasteiger partial charge on any atom is 0.235 e. The van der Waals surface area contributed by atoms with Gasteiger partial charge in [0.1, 0.15) is 0 Å². The molecule has 2 fully saturated rings. The Morgan fingerprint density at radius 2 is 2.20 bits per heavy atom. The number of hydrogen-bond donors (Lipinski definition) is 1. The number of carbonyl (C=O) groups is 1. The van der Waals surface area contributed by atoms with Crippen molar-refractivity contribution < 1.29 is 4.79 Å². The Balaban J connectivity index is 2.09. The molecule has 0 radical (unpaired) electrons. The predicted octanol–water partition coefficient (Wildman–Crippen LogP) is 1.31. The predicted molar refractivity (Wildman–Crippen MR) is 63.4 cm³/mol. The lowest BCUT2D eigenvalue weighted by Gasteiger charge is -2.41. The maximum atomic E-state index is 12.3. The molecule has 2 rings (SSSR count). The van der Waals surface area contributed by atoms with Crippen LogP contribution >= 0.6 is 12.2 Å². The molecule has 0 aromatic carbocycles. The molecule has 1 saturated heterocycles. The van der Waals surface area contributed by atoms with E-state index in [0.29, 0.717) is 10.9 Å². The van der Waals surface area contributed by atoms with E-state index in [9.17, 15) is 4.79 Å². The van der Waals surface area contributed by atoms with Gasteiger partial charge >= 0.3 is 0 Å². The molecule has 0 aromatic rings. The molecule has 2 aliphatic rings. The normalized spacial score (nSPS) is 28.6. The Morgan fingerprint density at radius 1 is 1.53 bits per heavy atom. The van der Waals surface area contributed by atoms with Crippen LogP contribution in [0.2, 0.25) is 0 Å². The summed E-state index contributed by atoms with van der Waals surface area (Å²) in [6.07, 6.45) is 3.89. The number of amides is 1. The van der Waals surface area contributed by atoms with Crippen molar-refractivity contribution in [3.63, 3.8) is 0 Å². The molecule has 1 aliphatic carbocycles. The number of likely N-dealkylation sites (tertiary alicyclic amines) is 1. The van der Waals surface area contributed by atoms with E-state index in [4.69, 9.17) is 18.0 Å². The van der Waals surface area contributed by atoms with Gasteiger partial charge in [-0.05, 0) is 25.2 Å². The standard InChI is InChI=1S/C11H18N2OS/c1-8-3-6-13(7-8)10(14)11(9(12)15)4-2-5-11/h8H,2-7H2,1H3,(H2,12,15). The van der Waals surface area contributed by atoms with Gasteiger partial charge in [0, 0.05) is 13.1 Å². The SMILES string of the molecule is CC1CCN(C(=O)C2(C(N)=S)CCC2)C1. The first-order valence-corrected chi connectivity index (χ1v) is 6.06. The lowest BCUT2D eigenvalue weighted by Crippen LogP contribution is -2.53. The summed E-state index contributed by atoms with van der Waals surface area (Å²) < 4.78 is 0. The third-order valence-electron chi connectivity index (χ3n) is 3.80. The maximum absolute atomic E-state index is 12.3. The number of nitrogens with zero attached hydrogens (tertiary/aromatic N) is 1. The van der Waals surface area contributed by atoms with Crippen LogP contribution in [0.4, 0.5) is 0 Å². The Kier molecular flexibility index (Phi) is 2.71. The third kappa shape index (κ3) is 1.65. The van der Waals surface area contributed by atoms with Gasteiger partial charge in [-0.25, -0.2) is 0 Å². The Hall–Kier alpha value is -0.640. The number of nitrogens with two attached hydrogens (primary N) is 1. The molecule has 0 bridgehead atoms. The zero-order chi connectivity index (χ0) is 11.1. The second-order valence-corrected chi connectivity index (χ2v) is 5.38. The first-order valence-electron chi connectivity index (χ1n) is 5.65. The van der Waals surface area contributed by atoms with E-state index < -0.39 is 5.41 Å². The second-order valence-electron chi connectivity index (χ2n) is 4.94. The number of rotatable bonds is 2. The highest BCUT2D eigenvalue weighted by atomic mass is 32.1. The van der Waals surface area contributed by atoms with Crippen LogP contribution in [-0.2, 0) is 4.79 Å². The highest BCUT2D eigenvalue weighted by Crippen LogP contribution is 2.43. The summed E-state index contributed by atoms with van der Waals surface area (Å²) in [7, 11) is 0. The summed E-state index contributed by atoms with van der Waals surface area (Å²) in [6, 6.07) is 0. The first kappa shape index (κ1) is 10.9. The average molecular weight is 226 g/mol. The molecular formula is C11H18N2OS. The van der Waals surface area contributed by atoms with Crippen LogP contribution in [-0.4, -0.2) is 28.9 Å². The Labute approximate surface area is 96.0 Å². The summed E-state index contributed by atoms with van der Waals surface area (Å²) in [4.78, 5) is 14.6. The minimum atomic E-state index is -0.473. The smallest absolute Gasteiger partial charge is 0.235 e. The fourth-order valence-electron chi connectivity index (χ4n) is 2.52. The van der Waals surface area contributed by atoms with Crippen molar-refractivity contribution in [2.45, 2.75) is 32.6 Å². The second kappa shape index (κ2) is 3.74. The molecule has 1 heterocycles. The molecule has 1 saturated carbocycles. The van der Waals surface area contributed by atoms with E-state index in [1.807, 2.05) is 4.90 Å². The fourth-order valence-corrected chi connectivity index (χ4v) is 2.81. The summed E-state index contributed by atoms with van der Waals surface area (Å²) in [5, 5.41) is 0. The van der Waals surface area contributed by atoms with Gasteiger partial charge in [0.25, 0.3) is 0 Å². The van der Waals surface area contributed by atoms with Gasteiger partial charge in [-0.15, -0.1) is 0 Å². The minimum absolute atomic E-state index is 0.186. The van der Waals surface area contributed by atoms with Gasteiger partial charge in [-0.1, -0.05) is 25.6 Å². The van der Waals surface area contributed by atoms with Gasteiger partial charge in [0.15, 0.2) is 0 Å². The van der Waals surface area contributed by atoms with Crippen molar-refractivity contribution in [2.24, 2.45) is 17.1 Å². The molecular weight excluding hydrogens is 208 g/mol. The zero-order valence-electron chi connectivity index (χ0n) is 9.16. The molecule has 1 atom stereocenters. The molecule has 0 aromatic heterocycles. The van der Waals surface area contributed by atoms with Gasteiger partial charge < -0.3 is 10.6 Å². The van der Waals surface area contributed by atoms with Gasteiger partial charge in [-0.3, -0.25) is 4.79 Å². The van der Waals surface area contributed by atoms with Gasteiger partial charge in [0.2, 0.25) is 5.91 Å². The lowest BCUT2D eigenvalue weighted by molar-refractivity contribution is -0.140. The highest BCUT2D eigenvalue weighted by molar-refractivity contribution is 7.80. The van der Waals surface area contributed by atoms with Crippen LogP contribution < -0.4 is 5.73 Å². The molecule has 15 heavy (non-hydrogen) atoms. The fraction of sp³-hybridized carbons (Fsp3) is 0.818. The zero-order valence-corrected chi connectivity index (χ0v) is 9.98. The minimum Gasteiger partial charge on any atom is -0.392 e. The molecule has 0 spiro atoms. The van der Waals surface area contributed by atoms with Crippen LogP contribution in [0.3, 0.4) is 0 Å². The molecule has 1 aliphatic heterocycles. The summed E-state index contributed by atoms with van der Waals surface area (Å²) >= 11 is 5.05. The van der Waals surface area contributed by atoms with E-state index in [0.717, 1.165) is 38.8 Å². The highest BCUT2D eigenvalue weighted by Gasteiger charge is 2.49. The lowest BCUT2D eigenvalue weighted by atomic mass is 9.67. The van der Waals surface area contributed by atoms with Gasteiger partial charge in [-0.2, -0.15) is 0 Å². The molecule has 3 nitrogen and oxygen atoms in total. The topological polar surface area (TPSA) is 46.3 Å². The van der Waals surface area contributed by atoms with E-state index in [-0.39, 0.29) is 5.91 Å². The molecule has 2 N–H and O–H groups in total. The van der Waals surface area contributed by atoms with E-state index in [1.54, 1.807) is 0 Å². The van der Waals surface area contributed by atoms with Crippen molar-refractivity contribution in [3.05, 3.63) is 0 Å². The van der Waals surface area contributed by atoms with Crippen LogP contribution in [0.1, 0.15) is 32.6 Å². The van der Waals surface area contributed by atoms with E-state index in [1.165, 1.54) is 0 Å². The Bertz CT molecular complexity index is 299. The summed E-state index contributed by atoms with van der Waals surface area (Å²) in [5.41, 5.74) is 5.25. The van der Waals surface area contributed by atoms with Crippen molar-refractivity contribution in [1.29, 1.82) is 0 Å². The number of hydrogen-bond acceptors (Lipinski definition) is 2. The van der Waals surface area contributed by atoms with E-state index in [2.05, 4.69) is 6.92 Å². The van der Waals surface area contributed by atoms with Crippen molar-refractivity contribution in [3.8, 4) is 0 Å². The van der Waals surface area contributed by atoms with Crippen LogP contribution in [0.15, 0.2) is 0 Å². The van der Waals surface area contributed by atoms with Crippen molar-refractivity contribution >= 4 is 23.1 Å². The number of thiocarbonyl (C=S) groups is 1. The van der Waals surface area contributed by atoms with Crippen molar-refractivity contribution in [1.82, 2.24) is 4.90 Å². The summed E-state index contributed by atoms with van der Waals surface area (Å²) in [5.74, 6) is 0.808. The summed E-state index contributed by atoms with van der Waals surface area (Å²) in [6.45, 7) is 3.94. The quantitative estimate of drug-likeness (QED) is 0.722. The third-order valence-corrected chi connectivity index (χ3v) is 4.19. The van der Waals surface area contributed by atoms with E-state index >= 15 is 0 Å². The molecule has 1 amide bonds. The van der Waals surface area contributed by atoms with Crippen LogP contribution in [0.25, 0.3) is 0 Å². The van der Waals surface area contributed by atoms with Crippen LogP contribution in [0.5, 0.6) is 0 Å². The Morgan fingerprint density at radius 3 is 2.53 bits per heavy atom. The van der Waals surface area contributed by atoms with Gasteiger partial charge in [0.05, 0.1) is 10.4 Å². The van der Waals surface area contributed by atoms with Crippen molar-refractivity contribution in [2.75, 3.05) is 13.1 Å². The molecule has 4 heteroatoms. The van der Waals surface area contributed by atoms with Crippen LogP contribution in [0, 0.1) is 11.3 Å².